The molecule has 1 aliphatic carbocycles. The van der Waals surface area contributed by atoms with E-state index >= 15 is 0 Å². The molecule has 0 aromatic heterocycles. The number of carbonyl (C=O) groups is 1. The minimum atomic E-state index is -4.88. The van der Waals surface area contributed by atoms with E-state index in [-0.39, 0.29) is 5.92 Å². The Bertz CT molecular complexity index is 588. The van der Waals surface area contributed by atoms with Crippen molar-refractivity contribution in [1.82, 2.24) is 5.32 Å². The molecule has 114 valence electrons. The Hall–Kier alpha value is -1.92. The molecule has 0 saturated heterocycles. The van der Waals surface area contributed by atoms with Gasteiger partial charge in [0.2, 0.25) is 0 Å². The highest BCUT2D eigenvalue weighted by Crippen LogP contribution is 2.52. The van der Waals surface area contributed by atoms with Crippen molar-refractivity contribution in [2.45, 2.75) is 37.0 Å². The van der Waals surface area contributed by atoms with Gasteiger partial charge in [-0.3, -0.25) is 4.79 Å². The van der Waals surface area contributed by atoms with E-state index in [1.807, 2.05) is 6.07 Å². The first-order valence-electron chi connectivity index (χ1n) is 6.71. The van der Waals surface area contributed by atoms with Gasteiger partial charge in [0.05, 0.1) is 7.11 Å². The zero-order chi connectivity index (χ0) is 15.3. The number of hydrogen-bond acceptors (Lipinski definition) is 3. The first-order chi connectivity index (χ1) is 9.86. The van der Waals surface area contributed by atoms with Gasteiger partial charge in [0, 0.05) is 11.6 Å². The number of nitrogens with one attached hydrogen (secondary N) is 2. The lowest BCUT2D eigenvalue weighted by Gasteiger charge is -2.32. The van der Waals surface area contributed by atoms with Gasteiger partial charge in [-0.1, -0.05) is 0 Å². The maximum atomic E-state index is 12.5. The highest BCUT2D eigenvalue weighted by Gasteiger charge is 2.53. The molecular formula is C14H15F3N2O2. The zero-order valence-electron chi connectivity index (χ0n) is 11.4. The first kappa shape index (κ1) is 14.0. The van der Waals surface area contributed by atoms with Crippen LogP contribution in [-0.2, 0) is 4.79 Å². The number of methoxy groups -OCH3 is 1. The third-order valence-corrected chi connectivity index (χ3v) is 4.24. The van der Waals surface area contributed by atoms with E-state index in [1.54, 1.807) is 12.1 Å². The van der Waals surface area contributed by atoms with Crippen molar-refractivity contribution >= 4 is 11.6 Å². The summed E-state index contributed by atoms with van der Waals surface area (Å²) in [5.74, 6) is -1.42. The predicted molar refractivity (Wildman–Crippen MR) is 70.1 cm³/mol. The average Bonchev–Trinajstić information content (AvgIpc) is 2.92. The van der Waals surface area contributed by atoms with Gasteiger partial charge in [-0.25, -0.2) is 0 Å². The van der Waals surface area contributed by atoms with E-state index in [0.717, 1.165) is 24.1 Å². The molecule has 1 amide bonds. The summed E-state index contributed by atoms with van der Waals surface area (Å²) >= 11 is 0. The fourth-order valence-electron chi connectivity index (χ4n) is 3.34. The second kappa shape index (κ2) is 4.54. The Morgan fingerprint density at radius 1 is 1.48 bits per heavy atom. The molecule has 0 bridgehead atoms. The lowest BCUT2D eigenvalue weighted by Crippen LogP contribution is -2.56. The van der Waals surface area contributed by atoms with E-state index in [9.17, 15) is 18.0 Å². The van der Waals surface area contributed by atoms with E-state index < -0.39 is 17.7 Å². The van der Waals surface area contributed by atoms with Crippen LogP contribution in [0.5, 0.6) is 5.75 Å². The number of hydrogen-bond donors (Lipinski definition) is 2. The van der Waals surface area contributed by atoms with Crippen molar-refractivity contribution in [2.75, 3.05) is 12.4 Å². The molecule has 2 N–H and O–H groups in total. The number of benzene rings is 1. The number of alkyl halides is 3. The second-order valence-corrected chi connectivity index (χ2v) is 5.45. The Balaban J connectivity index is 1.92. The SMILES string of the molecule is COc1ccc2c(c1)C1CCCC1(NC(=O)C(F)(F)F)N2. The number of carbonyl (C=O) groups excluding carboxylic acids is 1. The van der Waals surface area contributed by atoms with E-state index in [4.69, 9.17) is 4.74 Å². The topological polar surface area (TPSA) is 50.4 Å². The van der Waals surface area contributed by atoms with Crippen LogP contribution in [0.3, 0.4) is 0 Å². The maximum absolute atomic E-state index is 12.5. The third-order valence-electron chi connectivity index (χ3n) is 4.24. The number of anilines is 1. The predicted octanol–water partition coefficient (Wildman–Crippen LogP) is 2.76. The fourth-order valence-corrected chi connectivity index (χ4v) is 3.34. The van der Waals surface area contributed by atoms with Crippen molar-refractivity contribution in [3.05, 3.63) is 23.8 Å². The van der Waals surface area contributed by atoms with Gasteiger partial charge in [-0.15, -0.1) is 0 Å². The van der Waals surface area contributed by atoms with Crippen molar-refractivity contribution in [3.63, 3.8) is 0 Å². The minimum absolute atomic E-state index is 0.172. The number of amides is 1. The molecule has 4 nitrogen and oxygen atoms in total. The van der Waals surface area contributed by atoms with Crippen LogP contribution in [0.4, 0.5) is 18.9 Å². The summed E-state index contributed by atoms with van der Waals surface area (Å²) < 4.78 is 42.8. The van der Waals surface area contributed by atoms with Gasteiger partial charge in [0.1, 0.15) is 11.4 Å². The fraction of sp³-hybridized carbons (Fsp3) is 0.500. The van der Waals surface area contributed by atoms with Gasteiger partial charge < -0.3 is 15.4 Å². The minimum Gasteiger partial charge on any atom is -0.497 e. The van der Waals surface area contributed by atoms with Crippen LogP contribution in [0, 0.1) is 0 Å². The molecule has 1 saturated carbocycles. The van der Waals surface area contributed by atoms with Crippen LogP contribution in [0.1, 0.15) is 30.7 Å². The Morgan fingerprint density at radius 3 is 2.90 bits per heavy atom. The lowest BCUT2D eigenvalue weighted by atomic mass is 9.92. The number of ether oxygens (including phenoxy) is 1. The van der Waals surface area contributed by atoms with E-state index in [0.29, 0.717) is 12.2 Å². The quantitative estimate of drug-likeness (QED) is 0.883. The molecule has 1 aromatic rings. The molecule has 2 atom stereocenters. The van der Waals surface area contributed by atoms with Gasteiger partial charge in [0.25, 0.3) is 0 Å². The number of halogens is 3. The van der Waals surface area contributed by atoms with Crippen LogP contribution in [-0.4, -0.2) is 24.9 Å². The molecule has 7 heteroatoms. The molecule has 1 aromatic carbocycles. The van der Waals surface area contributed by atoms with E-state index in [1.165, 1.54) is 7.11 Å². The van der Waals surface area contributed by atoms with Crippen molar-refractivity contribution in [2.24, 2.45) is 0 Å². The van der Waals surface area contributed by atoms with Crippen molar-refractivity contribution < 1.29 is 22.7 Å². The first-order valence-corrected chi connectivity index (χ1v) is 6.71. The molecule has 21 heavy (non-hydrogen) atoms. The highest BCUT2D eigenvalue weighted by molar-refractivity contribution is 5.84. The highest BCUT2D eigenvalue weighted by atomic mass is 19.4. The summed E-state index contributed by atoms with van der Waals surface area (Å²) in [5.41, 5.74) is 0.610. The summed E-state index contributed by atoms with van der Waals surface area (Å²) in [5, 5.41) is 5.24. The van der Waals surface area contributed by atoms with E-state index in [2.05, 4.69) is 10.6 Å². The summed E-state index contributed by atoms with van der Waals surface area (Å²) in [6.45, 7) is 0. The van der Waals surface area contributed by atoms with Gasteiger partial charge in [-0.05, 0) is 43.0 Å². The maximum Gasteiger partial charge on any atom is 0.471 e. The summed E-state index contributed by atoms with van der Waals surface area (Å²) in [6.07, 6.45) is -2.93. The van der Waals surface area contributed by atoms with Gasteiger partial charge in [0.15, 0.2) is 0 Å². The molecule has 1 heterocycles. The second-order valence-electron chi connectivity index (χ2n) is 5.45. The van der Waals surface area contributed by atoms with Gasteiger partial charge in [-0.2, -0.15) is 13.2 Å². The molecule has 1 fully saturated rings. The van der Waals surface area contributed by atoms with Gasteiger partial charge >= 0.3 is 12.1 Å². The summed E-state index contributed by atoms with van der Waals surface area (Å²) in [6, 6.07) is 5.33. The monoisotopic (exact) mass is 300 g/mol. The zero-order valence-corrected chi connectivity index (χ0v) is 11.4. The van der Waals surface area contributed by atoms with Crippen LogP contribution < -0.4 is 15.4 Å². The molecule has 3 rings (SSSR count). The Morgan fingerprint density at radius 2 is 2.24 bits per heavy atom. The number of rotatable bonds is 2. The third kappa shape index (κ3) is 2.20. The van der Waals surface area contributed by atoms with Crippen LogP contribution >= 0.6 is 0 Å². The molecule has 2 unspecified atom stereocenters. The normalized spacial score (nSPS) is 26.8. The molecule has 1 aliphatic heterocycles. The smallest absolute Gasteiger partial charge is 0.471 e. The summed E-state index contributed by atoms with van der Waals surface area (Å²) in [4.78, 5) is 11.3. The molecular weight excluding hydrogens is 285 g/mol. The van der Waals surface area contributed by atoms with Crippen molar-refractivity contribution in [3.8, 4) is 5.75 Å². The standard InChI is InChI=1S/C14H15F3N2O2/c1-21-8-4-5-11-9(7-8)10-3-2-6-13(10,18-11)19-12(20)14(15,16)17/h4-5,7,10,18H,2-3,6H2,1H3,(H,19,20). The number of fused-ring (bicyclic) bond motifs is 3. The van der Waals surface area contributed by atoms with Crippen molar-refractivity contribution in [1.29, 1.82) is 0 Å². The van der Waals surface area contributed by atoms with Crippen LogP contribution in [0.2, 0.25) is 0 Å². The lowest BCUT2D eigenvalue weighted by molar-refractivity contribution is -0.175. The molecule has 2 aliphatic rings. The van der Waals surface area contributed by atoms with Crippen LogP contribution in [0.25, 0.3) is 0 Å². The summed E-state index contributed by atoms with van der Waals surface area (Å²) in [7, 11) is 1.54. The molecule has 0 radical (unpaired) electrons. The Labute approximate surface area is 119 Å². The molecule has 0 spiro atoms. The Kier molecular flexibility index (Phi) is 3.04. The van der Waals surface area contributed by atoms with Crippen LogP contribution in [0.15, 0.2) is 18.2 Å². The average molecular weight is 300 g/mol. The largest absolute Gasteiger partial charge is 0.497 e.